The van der Waals surface area contributed by atoms with Crippen molar-refractivity contribution in [2.24, 2.45) is 0 Å². The first-order chi connectivity index (χ1) is 15.8. The van der Waals surface area contributed by atoms with E-state index in [1.807, 2.05) is 19.1 Å². The van der Waals surface area contributed by atoms with Gasteiger partial charge in [0, 0.05) is 26.2 Å². The molecule has 0 aliphatic carbocycles. The minimum atomic E-state index is -3.67. The lowest BCUT2D eigenvalue weighted by molar-refractivity contribution is -0.122. The molecule has 1 heterocycles. The van der Waals surface area contributed by atoms with Gasteiger partial charge in [0.2, 0.25) is 15.9 Å². The molecule has 1 saturated heterocycles. The Morgan fingerprint density at radius 2 is 1.70 bits per heavy atom. The molecule has 180 valence electrons. The van der Waals surface area contributed by atoms with Gasteiger partial charge >= 0.3 is 0 Å². The van der Waals surface area contributed by atoms with Crippen LogP contribution in [0.5, 0.6) is 5.75 Å². The van der Waals surface area contributed by atoms with Crippen LogP contribution in [0.4, 0.5) is 5.69 Å². The first-order valence-electron chi connectivity index (χ1n) is 11.2. The molecular weight excluding hydrogens is 442 g/mol. The number of amides is 1. The second-order valence-electron chi connectivity index (χ2n) is 8.08. The van der Waals surface area contributed by atoms with E-state index >= 15 is 0 Å². The minimum absolute atomic E-state index is 0.321. The Morgan fingerprint density at radius 1 is 1.09 bits per heavy atom. The molecule has 0 aromatic heterocycles. The van der Waals surface area contributed by atoms with E-state index < -0.39 is 16.1 Å². The molecule has 1 amide bonds. The maximum atomic E-state index is 12.8. The molecule has 8 nitrogen and oxygen atoms in total. The molecular formula is C24H33N3O5S. The molecule has 1 N–H and O–H groups in total. The molecule has 2 aromatic rings. The van der Waals surface area contributed by atoms with E-state index in [1.54, 1.807) is 31.2 Å². The van der Waals surface area contributed by atoms with Gasteiger partial charge in [0.1, 0.15) is 11.8 Å². The van der Waals surface area contributed by atoms with E-state index in [-0.39, 0.29) is 5.91 Å². The van der Waals surface area contributed by atoms with Crippen molar-refractivity contribution in [2.45, 2.75) is 33.0 Å². The van der Waals surface area contributed by atoms with E-state index in [0.717, 1.165) is 49.0 Å². The molecule has 2 aromatic carbocycles. The lowest BCUT2D eigenvalue weighted by Gasteiger charge is -2.28. The first-order valence-corrected chi connectivity index (χ1v) is 13.0. The van der Waals surface area contributed by atoms with Gasteiger partial charge in [0.25, 0.3) is 0 Å². The molecule has 1 aliphatic rings. The Kier molecular flexibility index (Phi) is 8.71. The fourth-order valence-corrected chi connectivity index (χ4v) is 4.96. The van der Waals surface area contributed by atoms with Crippen molar-refractivity contribution in [2.75, 3.05) is 43.5 Å². The zero-order valence-electron chi connectivity index (χ0n) is 19.5. The third-order valence-corrected chi connectivity index (χ3v) is 6.73. The van der Waals surface area contributed by atoms with E-state index in [9.17, 15) is 13.2 Å². The summed E-state index contributed by atoms with van der Waals surface area (Å²) in [6, 6.07) is 13.9. The van der Waals surface area contributed by atoms with Crippen molar-refractivity contribution in [3.05, 3.63) is 59.7 Å². The quantitative estimate of drug-likeness (QED) is 0.568. The Labute approximate surface area is 196 Å². The van der Waals surface area contributed by atoms with Gasteiger partial charge in [-0.1, -0.05) is 24.3 Å². The van der Waals surface area contributed by atoms with Crippen LogP contribution in [0.25, 0.3) is 0 Å². The maximum absolute atomic E-state index is 12.8. The van der Waals surface area contributed by atoms with Crippen molar-refractivity contribution in [1.29, 1.82) is 0 Å². The summed E-state index contributed by atoms with van der Waals surface area (Å²) in [4.78, 5) is 15.2. The van der Waals surface area contributed by atoms with Crippen molar-refractivity contribution < 1.29 is 22.7 Å². The monoisotopic (exact) mass is 475 g/mol. The molecule has 33 heavy (non-hydrogen) atoms. The maximum Gasteiger partial charge on any atom is 0.243 e. The molecule has 0 unspecified atom stereocenters. The third-order valence-electron chi connectivity index (χ3n) is 5.49. The van der Waals surface area contributed by atoms with Gasteiger partial charge in [-0.2, -0.15) is 0 Å². The largest absolute Gasteiger partial charge is 0.494 e. The van der Waals surface area contributed by atoms with Gasteiger partial charge < -0.3 is 14.8 Å². The zero-order chi connectivity index (χ0) is 23.8. The van der Waals surface area contributed by atoms with Crippen LogP contribution in [0.3, 0.4) is 0 Å². The zero-order valence-corrected chi connectivity index (χ0v) is 20.3. The lowest BCUT2D eigenvalue weighted by atomic mass is 10.1. The molecule has 0 spiro atoms. The van der Waals surface area contributed by atoms with Crippen LogP contribution in [0.1, 0.15) is 25.0 Å². The van der Waals surface area contributed by atoms with Crippen LogP contribution in [0.15, 0.2) is 48.5 Å². The summed E-state index contributed by atoms with van der Waals surface area (Å²) >= 11 is 0. The van der Waals surface area contributed by atoms with Crippen molar-refractivity contribution in [1.82, 2.24) is 10.2 Å². The van der Waals surface area contributed by atoms with Gasteiger partial charge in [-0.05, 0) is 49.2 Å². The number of carbonyl (C=O) groups excluding carboxylic acids is 1. The summed E-state index contributed by atoms with van der Waals surface area (Å²) in [6.45, 7) is 8.57. The van der Waals surface area contributed by atoms with Gasteiger partial charge in [0.15, 0.2) is 0 Å². The van der Waals surface area contributed by atoms with E-state index in [0.29, 0.717) is 24.6 Å². The van der Waals surface area contributed by atoms with Crippen LogP contribution in [0.2, 0.25) is 0 Å². The summed E-state index contributed by atoms with van der Waals surface area (Å²) in [5, 5.41) is 2.86. The highest BCUT2D eigenvalue weighted by Crippen LogP contribution is 2.24. The number of anilines is 1. The predicted octanol–water partition coefficient (Wildman–Crippen LogP) is 2.39. The highest BCUT2D eigenvalue weighted by atomic mass is 32.2. The Balaban J connectivity index is 1.60. The van der Waals surface area contributed by atoms with Crippen molar-refractivity contribution in [3.8, 4) is 5.75 Å². The number of hydrogen-bond donors (Lipinski definition) is 1. The lowest BCUT2D eigenvalue weighted by Crippen LogP contribution is -2.47. The average Bonchev–Trinajstić information content (AvgIpc) is 2.79. The van der Waals surface area contributed by atoms with Gasteiger partial charge in [-0.15, -0.1) is 0 Å². The molecule has 1 fully saturated rings. The predicted molar refractivity (Wildman–Crippen MR) is 129 cm³/mol. The number of nitrogens with one attached hydrogen (secondary N) is 1. The highest BCUT2D eigenvalue weighted by molar-refractivity contribution is 7.92. The summed E-state index contributed by atoms with van der Waals surface area (Å²) in [7, 11) is -3.67. The van der Waals surface area contributed by atoms with Gasteiger partial charge in [-0.25, -0.2) is 8.42 Å². The average molecular weight is 476 g/mol. The van der Waals surface area contributed by atoms with Crippen LogP contribution in [-0.2, 0) is 32.6 Å². The highest BCUT2D eigenvalue weighted by Gasteiger charge is 2.29. The van der Waals surface area contributed by atoms with Crippen LogP contribution in [0, 0.1) is 0 Å². The van der Waals surface area contributed by atoms with E-state index in [4.69, 9.17) is 9.47 Å². The molecule has 1 atom stereocenters. The number of hydrogen-bond acceptors (Lipinski definition) is 6. The smallest absolute Gasteiger partial charge is 0.243 e. The third kappa shape index (κ3) is 7.18. The number of nitrogens with zero attached hydrogens (tertiary/aromatic N) is 2. The summed E-state index contributed by atoms with van der Waals surface area (Å²) in [5.41, 5.74) is 2.57. The summed E-state index contributed by atoms with van der Waals surface area (Å²) in [6.07, 6.45) is 1.10. The molecule has 0 radical (unpaired) electrons. The summed E-state index contributed by atoms with van der Waals surface area (Å²) in [5.74, 6) is 0.274. The van der Waals surface area contributed by atoms with Crippen molar-refractivity contribution in [3.63, 3.8) is 0 Å². The number of benzene rings is 2. The summed E-state index contributed by atoms with van der Waals surface area (Å²) < 4.78 is 36.9. The number of morpholine rings is 1. The Hall–Kier alpha value is -2.62. The standard InChI is InChI=1S/C24H33N3O5S/c1-4-32-23-11-9-22(10-12-23)27(33(3,29)30)19(2)24(28)25-17-20-5-7-21(8-6-20)18-26-13-15-31-16-14-26/h5-12,19H,4,13-18H2,1-3H3,(H,25,28)/t19-/m1/s1. The molecule has 0 bridgehead atoms. The van der Waals surface area contributed by atoms with Crippen LogP contribution >= 0.6 is 0 Å². The second-order valence-corrected chi connectivity index (χ2v) is 9.94. The number of sulfonamides is 1. The topological polar surface area (TPSA) is 88.2 Å². The fraction of sp³-hybridized carbons (Fsp3) is 0.458. The van der Waals surface area contributed by atoms with Crippen LogP contribution in [-0.4, -0.2) is 64.4 Å². The van der Waals surface area contributed by atoms with Gasteiger partial charge in [0.05, 0.1) is 31.8 Å². The number of rotatable bonds is 10. The molecule has 3 rings (SSSR count). The molecule has 9 heteroatoms. The minimum Gasteiger partial charge on any atom is -0.494 e. The normalized spacial score (nSPS) is 15.6. The molecule has 1 aliphatic heterocycles. The number of ether oxygens (including phenoxy) is 2. The van der Waals surface area contributed by atoms with Gasteiger partial charge in [-0.3, -0.25) is 14.0 Å². The Morgan fingerprint density at radius 3 is 2.27 bits per heavy atom. The van der Waals surface area contributed by atoms with E-state index in [2.05, 4.69) is 22.3 Å². The number of carbonyl (C=O) groups is 1. The SMILES string of the molecule is CCOc1ccc(N([C@H](C)C(=O)NCc2ccc(CN3CCOCC3)cc2)S(C)(=O)=O)cc1. The molecule has 0 saturated carbocycles. The second kappa shape index (κ2) is 11.5. The van der Waals surface area contributed by atoms with E-state index in [1.165, 1.54) is 5.56 Å². The first kappa shape index (κ1) is 25.0. The Bertz CT molecular complexity index is 1000. The van der Waals surface area contributed by atoms with Crippen molar-refractivity contribution >= 4 is 21.6 Å². The van der Waals surface area contributed by atoms with Crippen LogP contribution < -0.4 is 14.4 Å². The fourth-order valence-electron chi connectivity index (χ4n) is 3.78.